The largest absolute Gasteiger partial charge is 0.491 e. The van der Waals surface area contributed by atoms with Crippen LogP contribution >= 0.6 is 0 Å². The van der Waals surface area contributed by atoms with E-state index in [-0.39, 0.29) is 6.10 Å². The van der Waals surface area contributed by atoms with Crippen molar-refractivity contribution in [2.75, 3.05) is 18.0 Å². The monoisotopic (exact) mass is 234 g/mol. The first-order valence-corrected chi connectivity index (χ1v) is 6.46. The Morgan fingerprint density at radius 3 is 3.00 bits per heavy atom. The van der Waals surface area contributed by atoms with Crippen LogP contribution in [0.1, 0.15) is 26.7 Å². The van der Waals surface area contributed by atoms with Gasteiger partial charge in [0, 0.05) is 30.9 Å². The molecule has 0 spiro atoms. The van der Waals surface area contributed by atoms with E-state index in [1.54, 1.807) is 0 Å². The highest BCUT2D eigenvalue weighted by molar-refractivity contribution is 5.51. The van der Waals surface area contributed by atoms with E-state index in [2.05, 4.69) is 36.9 Å². The Kier molecular flexibility index (Phi) is 3.89. The first-order valence-electron chi connectivity index (χ1n) is 6.46. The number of nitrogens with two attached hydrogens (primary N) is 1. The molecule has 0 bridgehead atoms. The molecule has 1 aliphatic heterocycles. The van der Waals surface area contributed by atoms with Gasteiger partial charge in [0.25, 0.3) is 0 Å². The van der Waals surface area contributed by atoms with E-state index in [4.69, 9.17) is 10.5 Å². The summed E-state index contributed by atoms with van der Waals surface area (Å²) in [5, 5.41) is 0. The minimum atomic E-state index is 0.270. The van der Waals surface area contributed by atoms with Crippen molar-refractivity contribution in [2.24, 2.45) is 5.73 Å². The van der Waals surface area contributed by atoms with Crippen molar-refractivity contribution < 1.29 is 4.74 Å². The minimum absolute atomic E-state index is 0.270. The third-order valence-electron chi connectivity index (χ3n) is 3.32. The molecular formula is C14H22N2O. The van der Waals surface area contributed by atoms with Crippen molar-refractivity contribution in [1.29, 1.82) is 0 Å². The Labute approximate surface area is 104 Å². The highest BCUT2D eigenvalue weighted by Gasteiger charge is 2.19. The Bertz CT molecular complexity index is 367. The van der Waals surface area contributed by atoms with Crippen molar-refractivity contribution in [3.63, 3.8) is 0 Å². The Morgan fingerprint density at radius 1 is 1.53 bits per heavy atom. The third kappa shape index (κ3) is 3.13. The second-order valence-corrected chi connectivity index (χ2v) is 4.83. The summed E-state index contributed by atoms with van der Waals surface area (Å²) in [6.07, 6.45) is 2.38. The van der Waals surface area contributed by atoms with Crippen molar-refractivity contribution in [1.82, 2.24) is 0 Å². The molecule has 2 atom stereocenters. The quantitative estimate of drug-likeness (QED) is 0.869. The standard InChI is InChI=1S/C14H22N2O/c1-3-11(2)17-14-6-4-5-13(9-14)16-8-7-12(15)10-16/h4-6,9,11-12H,3,7-8,10,15H2,1-2H3. The third-order valence-corrected chi connectivity index (χ3v) is 3.32. The van der Waals surface area contributed by atoms with Gasteiger partial charge in [0.1, 0.15) is 5.75 Å². The van der Waals surface area contributed by atoms with Crippen molar-refractivity contribution >= 4 is 5.69 Å². The summed E-state index contributed by atoms with van der Waals surface area (Å²) in [5.74, 6) is 0.956. The SMILES string of the molecule is CCC(C)Oc1cccc(N2CCC(N)C2)c1. The number of nitrogens with zero attached hydrogens (tertiary/aromatic N) is 1. The Hall–Kier alpha value is -1.22. The van der Waals surface area contributed by atoms with Crippen molar-refractivity contribution in [3.05, 3.63) is 24.3 Å². The normalized spacial score (nSPS) is 21.6. The zero-order valence-electron chi connectivity index (χ0n) is 10.7. The summed E-state index contributed by atoms with van der Waals surface area (Å²) in [6, 6.07) is 8.63. The molecule has 1 aromatic rings. The van der Waals surface area contributed by atoms with E-state index in [1.807, 2.05) is 6.07 Å². The molecule has 1 aliphatic rings. The molecule has 1 heterocycles. The minimum Gasteiger partial charge on any atom is -0.491 e. The van der Waals surface area contributed by atoms with Crippen LogP contribution in [0.3, 0.4) is 0 Å². The lowest BCUT2D eigenvalue weighted by molar-refractivity contribution is 0.217. The van der Waals surface area contributed by atoms with Crippen LogP contribution in [0.15, 0.2) is 24.3 Å². The van der Waals surface area contributed by atoms with Crippen LogP contribution in [0.25, 0.3) is 0 Å². The fourth-order valence-electron chi connectivity index (χ4n) is 2.09. The number of hydrogen-bond donors (Lipinski definition) is 1. The summed E-state index contributed by atoms with van der Waals surface area (Å²) >= 11 is 0. The molecule has 94 valence electrons. The van der Waals surface area contributed by atoms with Gasteiger partial charge in [-0.25, -0.2) is 0 Å². The first-order chi connectivity index (χ1) is 8.19. The van der Waals surface area contributed by atoms with Gasteiger partial charge in [0.05, 0.1) is 6.10 Å². The van der Waals surface area contributed by atoms with Gasteiger partial charge in [-0.1, -0.05) is 13.0 Å². The predicted molar refractivity (Wildman–Crippen MR) is 71.6 cm³/mol. The number of anilines is 1. The van der Waals surface area contributed by atoms with Crippen LogP contribution in [-0.2, 0) is 0 Å². The molecule has 17 heavy (non-hydrogen) atoms. The highest BCUT2D eigenvalue weighted by Crippen LogP contribution is 2.25. The summed E-state index contributed by atoms with van der Waals surface area (Å²) in [5.41, 5.74) is 7.15. The van der Waals surface area contributed by atoms with E-state index in [9.17, 15) is 0 Å². The van der Waals surface area contributed by atoms with Crippen LogP contribution in [0.4, 0.5) is 5.69 Å². The van der Waals surface area contributed by atoms with E-state index >= 15 is 0 Å². The molecule has 1 saturated heterocycles. The molecule has 0 radical (unpaired) electrons. The topological polar surface area (TPSA) is 38.5 Å². The summed E-state index contributed by atoms with van der Waals surface area (Å²) in [6.45, 7) is 6.23. The summed E-state index contributed by atoms with van der Waals surface area (Å²) < 4.78 is 5.83. The van der Waals surface area contributed by atoms with Gasteiger partial charge in [-0.05, 0) is 31.9 Å². The zero-order chi connectivity index (χ0) is 12.3. The molecular weight excluding hydrogens is 212 g/mol. The summed E-state index contributed by atoms with van der Waals surface area (Å²) in [4.78, 5) is 2.33. The van der Waals surface area contributed by atoms with Crippen LogP contribution in [0.5, 0.6) is 5.75 Å². The molecule has 2 N–H and O–H groups in total. The van der Waals surface area contributed by atoms with Gasteiger partial charge < -0.3 is 15.4 Å². The van der Waals surface area contributed by atoms with Gasteiger partial charge >= 0.3 is 0 Å². The lowest BCUT2D eigenvalue weighted by Crippen LogP contribution is -2.26. The Morgan fingerprint density at radius 2 is 2.35 bits per heavy atom. The molecule has 1 fully saturated rings. The van der Waals surface area contributed by atoms with Crippen LogP contribution in [-0.4, -0.2) is 25.2 Å². The average molecular weight is 234 g/mol. The number of benzene rings is 1. The van der Waals surface area contributed by atoms with Crippen molar-refractivity contribution in [3.8, 4) is 5.75 Å². The molecule has 3 heteroatoms. The van der Waals surface area contributed by atoms with Gasteiger partial charge in [0.2, 0.25) is 0 Å². The van der Waals surface area contributed by atoms with E-state index in [0.29, 0.717) is 6.04 Å². The highest BCUT2D eigenvalue weighted by atomic mass is 16.5. The second kappa shape index (κ2) is 5.41. The first kappa shape index (κ1) is 12.2. The van der Waals surface area contributed by atoms with Gasteiger partial charge in [0.15, 0.2) is 0 Å². The molecule has 1 aromatic carbocycles. The molecule has 2 unspecified atom stereocenters. The number of hydrogen-bond acceptors (Lipinski definition) is 3. The lowest BCUT2D eigenvalue weighted by Gasteiger charge is -2.20. The number of rotatable bonds is 4. The fourth-order valence-corrected chi connectivity index (χ4v) is 2.09. The predicted octanol–water partition coefficient (Wildman–Crippen LogP) is 2.40. The van der Waals surface area contributed by atoms with E-state index < -0.39 is 0 Å². The zero-order valence-corrected chi connectivity index (χ0v) is 10.7. The maximum Gasteiger partial charge on any atom is 0.121 e. The maximum absolute atomic E-state index is 5.93. The fraction of sp³-hybridized carbons (Fsp3) is 0.571. The molecule has 0 aromatic heterocycles. The smallest absolute Gasteiger partial charge is 0.121 e. The molecule has 0 aliphatic carbocycles. The Balaban J connectivity index is 2.06. The van der Waals surface area contributed by atoms with Gasteiger partial charge in [-0.15, -0.1) is 0 Å². The molecule has 0 amide bonds. The van der Waals surface area contributed by atoms with Gasteiger partial charge in [-0.3, -0.25) is 0 Å². The molecule has 0 saturated carbocycles. The van der Waals surface area contributed by atoms with Crippen LogP contribution in [0.2, 0.25) is 0 Å². The number of ether oxygens (including phenoxy) is 1. The maximum atomic E-state index is 5.93. The summed E-state index contributed by atoms with van der Waals surface area (Å²) in [7, 11) is 0. The average Bonchev–Trinajstić information content (AvgIpc) is 2.76. The van der Waals surface area contributed by atoms with E-state index in [1.165, 1.54) is 5.69 Å². The van der Waals surface area contributed by atoms with Crippen molar-refractivity contribution in [2.45, 2.75) is 38.8 Å². The second-order valence-electron chi connectivity index (χ2n) is 4.83. The van der Waals surface area contributed by atoms with Gasteiger partial charge in [-0.2, -0.15) is 0 Å². The molecule has 2 rings (SSSR count). The lowest BCUT2D eigenvalue weighted by atomic mass is 10.2. The van der Waals surface area contributed by atoms with Crippen LogP contribution in [0, 0.1) is 0 Å². The molecule has 3 nitrogen and oxygen atoms in total. The van der Waals surface area contributed by atoms with Crippen LogP contribution < -0.4 is 15.4 Å². The van der Waals surface area contributed by atoms with E-state index in [0.717, 1.165) is 31.7 Å².